The monoisotopic (exact) mass is 1670 g/mol. The van der Waals surface area contributed by atoms with E-state index in [2.05, 4.69) is 165 Å². The van der Waals surface area contributed by atoms with Gasteiger partial charge in [0.1, 0.15) is 57.5 Å². The summed E-state index contributed by atoms with van der Waals surface area (Å²) >= 11 is 0. The smallest absolute Gasteiger partial charge is 0.206 e. The van der Waals surface area contributed by atoms with Crippen LogP contribution in [0.4, 0.5) is 0 Å². The summed E-state index contributed by atoms with van der Waals surface area (Å²) in [6.45, 7) is 4.01. The molecular weight excluding hydrogens is 1590 g/mol. The second-order valence-electron chi connectivity index (χ2n) is 30.7. The van der Waals surface area contributed by atoms with E-state index in [0.717, 1.165) is 28.0 Å². The van der Waals surface area contributed by atoms with Gasteiger partial charge in [0.15, 0.2) is 17.3 Å². The van der Waals surface area contributed by atoms with Crippen molar-refractivity contribution in [3.8, 4) is 79.7 Å². The van der Waals surface area contributed by atoms with Crippen molar-refractivity contribution in [1.82, 2.24) is 0 Å². The first-order chi connectivity index (χ1) is 60.8. The molecule has 0 aromatic heterocycles. The van der Waals surface area contributed by atoms with Crippen LogP contribution in [-0.4, -0.2) is 46.4 Å². The molecule has 125 heavy (non-hydrogen) atoms. The fraction of sp³-hybridized carbons (Fsp3) is 0.0455. The summed E-state index contributed by atoms with van der Waals surface area (Å²) in [5.74, 6) is 4.53. The van der Waals surface area contributed by atoms with Gasteiger partial charge >= 0.3 is 0 Å². The first-order valence-corrected chi connectivity index (χ1v) is 43.5. The number of phenolic OH excluding ortho intramolecular Hbond substituents is 1. The van der Waals surface area contributed by atoms with Crippen LogP contribution in [0.1, 0.15) is 103 Å². The van der Waals surface area contributed by atoms with Crippen molar-refractivity contribution in [3.63, 3.8) is 0 Å². The number of carbonyl (C=O) groups excluding carboxylic acids is 3. The van der Waals surface area contributed by atoms with Crippen molar-refractivity contribution in [3.05, 3.63) is 502 Å². The van der Waals surface area contributed by atoms with E-state index in [4.69, 9.17) is 23.7 Å². The maximum atomic E-state index is 13.9. The number of ether oxygens (including phenoxy) is 5. The van der Waals surface area contributed by atoms with Gasteiger partial charge in [-0.1, -0.05) is 199 Å². The average molecular weight is 1670 g/mol. The predicted molar refractivity (Wildman–Crippen MR) is 485 cm³/mol. The Balaban J connectivity index is 0.000000190. The summed E-state index contributed by atoms with van der Waals surface area (Å²) in [5.41, 5.74) is 18.3. The van der Waals surface area contributed by atoms with Crippen LogP contribution in [0.2, 0.25) is 0 Å². The van der Waals surface area contributed by atoms with Gasteiger partial charge < -0.3 is 28.8 Å². The maximum absolute atomic E-state index is 13.9. The molecule has 2 aliphatic carbocycles. The van der Waals surface area contributed by atoms with Crippen molar-refractivity contribution in [1.29, 1.82) is 0 Å². The van der Waals surface area contributed by atoms with E-state index in [1.54, 1.807) is 165 Å². The SMILES string of the molecule is COc1ccc(C2(c3ccc(Oc4ccc(C(=O)c5cccc(C(=O)c6ccc(Oc7ccc(C8(c9ccc(C)cc9)c9ccccc9-c9ccccc98)cc7)cc6)c5)cc4)cc3)c3ccccc3-c3ccccc32)cc1.Cc1ccc(S(=O)(=O)c2ccc(Oc3ccc(C(=O)c4ccc(Oc5ccc(S(=O)(=O)c6ccc(O)cc6)cc5)cc4)cc3)cc2)cc1. The number of carbonyl (C=O) groups is 3. The molecule has 0 spiro atoms. The molecule has 0 saturated heterocycles. The molecule has 13 nitrogen and oxygen atoms in total. The van der Waals surface area contributed by atoms with Crippen molar-refractivity contribution < 1.29 is 60.0 Å². The van der Waals surface area contributed by atoms with Crippen molar-refractivity contribution >= 4 is 37.0 Å². The number of hydrogen-bond donors (Lipinski definition) is 1. The highest BCUT2D eigenvalue weighted by Gasteiger charge is 2.48. The second-order valence-corrected chi connectivity index (χ2v) is 34.6. The van der Waals surface area contributed by atoms with E-state index in [1.807, 2.05) is 43.3 Å². The van der Waals surface area contributed by atoms with Gasteiger partial charge in [0.05, 0.1) is 37.5 Å². The molecule has 0 radical (unpaired) electrons. The molecule has 17 aromatic carbocycles. The molecule has 15 heteroatoms. The first-order valence-electron chi connectivity index (χ1n) is 40.6. The van der Waals surface area contributed by atoms with Crippen LogP contribution in [0.15, 0.2) is 432 Å². The molecule has 17 aromatic rings. The van der Waals surface area contributed by atoms with Crippen LogP contribution < -0.4 is 23.7 Å². The lowest BCUT2D eigenvalue weighted by Crippen LogP contribution is -2.28. The molecule has 2 aliphatic rings. The average Bonchev–Trinajstić information content (AvgIpc) is 1.55. The topological polar surface area (TPSA) is 186 Å². The Morgan fingerprint density at radius 3 is 0.736 bits per heavy atom. The molecular formula is C110H78O13S2. The van der Waals surface area contributed by atoms with Crippen molar-refractivity contribution in [2.24, 2.45) is 0 Å². The van der Waals surface area contributed by atoms with Gasteiger partial charge in [-0.3, -0.25) is 14.4 Å². The number of hydrogen-bond acceptors (Lipinski definition) is 13. The fourth-order valence-electron chi connectivity index (χ4n) is 16.8. The lowest BCUT2D eigenvalue weighted by atomic mass is 9.67. The second kappa shape index (κ2) is 33.8. The Hall–Kier alpha value is -15.6. The number of sulfone groups is 2. The summed E-state index contributed by atoms with van der Waals surface area (Å²) in [7, 11) is -5.72. The highest BCUT2D eigenvalue weighted by atomic mass is 32.2. The minimum atomic E-state index is -3.75. The highest BCUT2D eigenvalue weighted by molar-refractivity contribution is 7.91. The van der Waals surface area contributed by atoms with Gasteiger partial charge in [0.2, 0.25) is 19.7 Å². The molecule has 19 rings (SSSR count). The molecule has 608 valence electrons. The Morgan fingerprint density at radius 2 is 0.456 bits per heavy atom. The van der Waals surface area contributed by atoms with E-state index in [0.29, 0.717) is 79.4 Å². The third-order valence-electron chi connectivity index (χ3n) is 23.0. The number of benzene rings is 17. The van der Waals surface area contributed by atoms with Gasteiger partial charge in [-0.15, -0.1) is 0 Å². The normalized spacial score (nSPS) is 12.5. The van der Waals surface area contributed by atoms with Gasteiger partial charge in [-0.05, 0) is 305 Å². The van der Waals surface area contributed by atoms with Crippen LogP contribution in [0, 0.1) is 13.8 Å². The fourth-order valence-corrected chi connectivity index (χ4v) is 19.3. The molecule has 0 bridgehead atoms. The maximum Gasteiger partial charge on any atom is 0.206 e. The summed E-state index contributed by atoms with van der Waals surface area (Å²) in [6.07, 6.45) is 0. The Bertz CT molecular complexity index is 6890. The zero-order chi connectivity index (χ0) is 86.0. The van der Waals surface area contributed by atoms with Crippen LogP contribution in [0.5, 0.6) is 57.5 Å². The lowest BCUT2D eigenvalue weighted by molar-refractivity contribution is 0.102. The number of fused-ring (bicyclic) bond motifs is 6. The number of aromatic hydroxyl groups is 1. The zero-order valence-electron chi connectivity index (χ0n) is 67.9. The molecule has 0 heterocycles. The lowest BCUT2D eigenvalue weighted by Gasteiger charge is -2.34. The Kier molecular flexibility index (Phi) is 21.8. The highest BCUT2D eigenvalue weighted by Crippen LogP contribution is 2.58. The number of rotatable bonds is 23. The molecule has 0 aliphatic heterocycles. The largest absolute Gasteiger partial charge is 0.508 e. The number of phenols is 1. The summed E-state index contributed by atoms with van der Waals surface area (Å²) in [5, 5.41) is 9.44. The summed E-state index contributed by atoms with van der Waals surface area (Å²) in [4.78, 5) is 41.4. The first kappa shape index (κ1) is 80.5. The van der Waals surface area contributed by atoms with E-state index in [1.165, 1.54) is 116 Å². The molecule has 0 atom stereocenters. The standard InChI is InChI=1S/C72H50O5.C38H28O8S2/c1-47-22-28-52(29-23-47)71(65-18-7-3-14-61(65)62-15-4-8-19-66(62)71)54-32-42-59(43-33-54)76-57-36-24-48(25-37-57)69(73)50-12-11-13-51(46-50)70(74)49-26-38-58(39-27-49)77-60-44-34-55(35-45-60)72(53-30-40-56(75-2)41-31-53)67-20-9-5-16-63(67)64-17-6-10-21-68(64)72;1-26-2-18-34(19-3-26)47(41,42)36-22-14-32(15-23-36)45-30-10-4-27(5-11-30)38(40)28-6-12-31(13-7-28)46-33-16-24-37(25-17-33)48(43,44)35-20-8-29(39)9-21-35/h3-46H,1-2H3;2-25,39H,1H3. The van der Waals surface area contributed by atoms with E-state index < -0.39 is 30.5 Å². The van der Waals surface area contributed by atoms with E-state index in [9.17, 15) is 36.3 Å². The van der Waals surface area contributed by atoms with Gasteiger partial charge in [0.25, 0.3) is 0 Å². The van der Waals surface area contributed by atoms with Crippen LogP contribution in [-0.2, 0) is 30.5 Å². The van der Waals surface area contributed by atoms with Crippen molar-refractivity contribution in [2.45, 2.75) is 44.3 Å². The molecule has 0 saturated carbocycles. The molecule has 1 N–H and O–H groups in total. The number of ketones is 3. The van der Waals surface area contributed by atoms with Crippen LogP contribution >= 0.6 is 0 Å². The summed E-state index contributed by atoms with van der Waals surface area (Å²) in [6, 6.07) is 127. The minimum absolute atomic E-state index is 0.0238. The summed E-state index contributed by atoms with van der Waals surface area (Å²) < 4.78 is 81.5. The number of aryl methyl sites for hydroxylation is 2. The minimum Gasteiger partial charge on any atom is -0.508 e. The third-order valence-corrected chi connectivity index (χ3v) is 26.6. The van der Waals surface area contributed by atoms with Gasteiger partial charge in [-0.2, -0.15) is 0 Å². The van der Waals surface area contributed by atoms with E-state index >= 15 is 0 Å². The molecule has 0 fully saturated rings. The Morgan fingerprint density at radius 1 is 0.240 bits per heavy atom. The van der Waals surface area contributed by atoms with Crippen LogP contribution in [0.3, 0.4) is 0 Å². The van der Waals surface area contributed by atoms with Crippen LogP contribution in [0.25, 0.3) is 22.3 Å². The molecule has 0 amide bonds. The zero-order valence-corrected chi connectivity index (χ0v) is 69.6. The van der Waals surface area contributed by atoms with Gasteiger partial charge in [-0.25, -0.2) is 16.8 Å². The number of methoxy groups -OCH3 is 1. The van der Waals surface area contributed by atoms with E-state index in [-0.39, 0.29) is 42.7 Å². The van der Waals surface area contributed by atoms with Crippen molar-refractivity contribution in [2.75, 3.05) is 7.11 Å². The predicted octanol–water partition coefficient (Wildman–Crippen LogP) is 25.0. The quantitative estimate of drug-likeness (QED) is 0.0597. The van der Waals surface area contributed by atoms with Gasteiger partial charge in [0, 0.05) is 33.4 Å². The third kappa shape index (κ3) is 15.6. The Labute approximate surface area is 724 Å². The molecule has 0 unspecified atom stereocenters.